The minimum absolute atomic E-state index is 0.0495. The third kappa shape index (κ3) is 5.87. The minimum Gasteiger partial charge on any atom is -0.492 e. The second kappa shape index (κ2) is 8.08. The van der Waals surface area contributed by atoms with E-state index in [1.54, 1.807) is 31.3 Å². The number of alkyl halides is 1. The van der Waals surface area contributed by atoms with Crippen molar-refractivity contribution in [2.45, 2.75) is 6.92 Å². The smallest absolute Gasteiger partial charge is 0.214 e. The van der Waals surface area contributed by atoms with Crippen LogP contribution in [-0.2, 0) is 10.0 Å². The van der Waals surface area contributed by atoms with Crippen LogP contribution >= 0.6 is 23.2 Å². The first-order chi connectivity index (χ1) is 9.35. The maximum atomic E-state index is 12.0. The van der Waals surface area contributed by atoms with Gasteiger partial charge in [-0.3, -0.25) is 0 Å². The van der Waals surface area contributed by atoms with Gasteiger partial charge in [0.25, 0.3) is 0 Å². The second-order valence-electron chi connectivity index (χ2n) is 4.66. The van der Waals surface area contributed by atoms with Gasteiger partial charge in [0.05, 0.1) is 5.75 Å². The Balaban J connectivity index is 2.42. The largest absolute Gasteiger partial charge is 0.492 e. The predicted octanol–water partition coefficient (Wildman–Crippen LogP) is 2.86. The van der Waals surface area contributed by atoms with Gasteiger partial charge in [0.15, 0.2) is 0 Å². The third-order valence-corrected chi connectivity index (χ3v) is 5.62. The van der Waals surface area contributed by atoms with Gasteiger partial charge < -0.3 is 4.74 Å². The van der Waals surface area contributed by atoms with Crippen molar-refractivity contribution in [1.82, 2.24) is 4.31 Å². The summed E-state index contributed by atoms with van der Waals surface area (Å²) in [7, 11) is -1.74. The number of halogens is 2. The third-order valence-electron chi connectivity index (χ3n) is 2.72. The van der Waals surface area contributed by atoms with Crippen molar-refractivity contribution in [2.24, 2.45) is 5.92 Å². The summed E-state index contributed by atoms with van der Waals surface area (Å²) in [4.78, 5) is 0. The molecule has 1 rings (SSSR count). The Hall–Kier alpha value is -0.490. The first-order valence-electron chi connectivity index (χ1n) is 6.23. The monoisotopic (exact) mass is 339 g/mol. The van der Waals surface area contributed by atoms with Crippen LogP contribution in [0.5, 0.6) is 5.75 Å². The van der Waals surface area contributed by atoms with E-state index in [1.807, 2.05) is 6.92 Å². The summed E-state index contributed by atoms with van der Waals surface area (Å²) in [6.07, 6.45) is 0. The fraction of sp³-hybridized carbons (Fsp3) is 0.538. The summed E-state index contributed by atoms with van der Waals surface area (Å²) >= 11 is 11.4. The first kappa shape index (κ1) is 17.6. The van der Waals surface area contributed by atoms with Crippen LogP contribution in [0.4, 0.5) is 0 Å². The van der Waals surface area contributed by atoms with Crippen LogP contribution < -0.4 is 4.74 Å². The van der Waals surface area contributed by atoms with Crippen LogP contribution in [0.3, 0.4) is 0 Å². The molecule has 0 saturated heterocycles. The molecule has 1 unspecified atom stereocenters. The molecule has 0 radical (unpaired) electrons. The zero-order chi connectivity index (χ0) is 15.2. The van der Waals surface area contributed by atoms with Gasteiger partial charge in [-0.2, -0.15) is 0 Å². The molecular weight excluding hydrogens is 321 g/mol. The van der Waals surface area contributed by atoms with E-state index in [-0.39, 0.29) is 18.3 Å². The summed E-state index contributed by atoms with van der Waals surface area (Å²) in [5.74, 6) is 0.970. The van der Waals surface area contributed by atoms with Crippen LogP contribution in [0.15, 0.2) is 24.3 Å². The Kier molecular flexibility index (Phi) is 7.09. The molecule has 4 nitrogen and oxygen atoms in total. The lowest BCUT2D eigenvalue weighted by atomic mass is 10.3. The van der Waals surface area contributed by atoms with E-state index in [9.17, 15) is 8.42 Å². The van der Waals surface area contributed by atoms with Crippen molar-refractivity contribution in [3.05, 3.63) is 29.3 Å². The summed E-state index contributed by atoms with van der Waals surface area (Å²) in [5, 5.41) is 0.632. The van der Waals surface area contributed by atoms with Gasteiger partial charge in [-0.25, -0.2) is 12.7 Å². The molecule has 0 bridgehead atoms. The molecule has 0 aliphatic carbocycles. The molecule has 0 aromatic heterocycles. The lowest BCUT2D eigenvalue weighted by molar-refractivity contribution is 0.286. The van der Waals surface area contributed by atoms with Crippen LogP contribution in [0.1, 0.15) is 6.92 Å². The van der Waals surface area contributed by atoms with E-state index in [0.29, 0.717) is 23.2 Å². The van der Waals surface area contributed by atoms with Gasteiger partial charge in [-0.15, -0.1) is 11.6 Å². The molecule has 0 aliphatic rings. The molecule has 0 heterocycles. The van der Waals surface area contributed by atoms with Gasteiger partial charge in [-0.1, -0.05) is 18.5 Å². The van der Waals surface area contributed by atoms with Gasteiger partial charge >= 0.3 is 0 Å². The summed E-state index contributed by atoms with van der Waals surface area (Å²) < 4.78 is 30.7. The molecule has 114 valence electrons. The molecule has 1 aromatic rings. The normalized spacial score (nSPS) is 13.4. The molecule has 0 N–H and O–H groups in total. The molecule has 0 amide bonds. The number of hydrogen-bond acceptors (Lipinski definition) is 3. The lowest BCUT2D eigenvalue weighted by Crippen LogP contribution is -2.34. The van der Waals surface area contributed by atoms with Crippen LogP contribution in [0.25, 0.3) is 0 Å². The van der Waals surface area contributed by atoms with Gasteiger partial charge in [0, 0.05) is 24.5 Å². The predicted molar refractivity (Wildman–Crippen MR) is 83.2 cm³/mol. The number of nitrogens with zero attached hydrogens (tertiary/aromatic N) is 1. The number of ether oxygens (including phenoxy) is 1. The highest BCUT2D eigenvalue weighted by molar-refractivity contribution is 7.89. The van der Waals surface area contributed by atoms with E-state index in [4.69, 9.17) is 27.9 Å². The first-order valence-corrected chi connectivity index (χ1v) is 8.75. The van der Waals surface area contributed by atoms with Crippen LogP contribution in [-0.4, -0.2) is 44.6 Å². The van der Waals surface area contributed by atoms with E-state index < -0.39 is 10.0 Å². The average Bonchev–Trinajstić information content (AvgIpc) is 2.40. The number of sulfonamides is 1. The highest BCUT2D eigenvalue weighted by atomic mass is 35.5. The van der Waals surface area contributed by atoms with Crippen molar-refractivity contribution in [3.63, 3.8) is 0 Å². The van der Waals surface area contributed by atoms with Crippen LogP contribution in [0.2, 0.25) is 5.02 Å². The number of benzene rings is 1. The number of hydrogen-bond donors (Lipinski definition) is 0. The molecule has 0 aliphatic heterocycles. The highest BCUT2D eigenvalue weighted by Gasteiger charge is 2.20. The molecular formula is C13H19Cl2NO3S. The SMILES string of the molecule is CC(CCl)CS(=O)(=O)N(C)CCOc1ccc(Cl)cc1. The van der Waals surface area contributed by atoms with Gasteiger partial charge in [0.2, 0.25) is 10.0 Å². The maximum absolute atomic E-state index is 12.0. The number of likely N-dealkylation sites (N-methyl/N-ethyl adjacent to an activating group) is 1. The summed E-state index contributed by atoms with van der Waals surface area (Å²) in [6, 6.07) is 6.93. The summed E-state index contributed by atoms with van der Waals surface area (Å²) in [6.45, 7) is 2.38. The Morgan fingerprint density at radius 1 is 1.30 bits per heavy atom. The number of rotatable bonds is 8. The quantitative estimate of drug-likeness (QED) is 0.684. The van der Waals surface area contributed by atoms with E-state index in [0.717, 1.165) is 0 Å². The molecule has 7 heteroatoms. The van der Waals surface area contributed by atoms with Crippen LogP contribution in [0, 0.1) is 5.92 Å². The fourth-order valence-electron chi connectivity index (χ4n) is 1.49. The molecule has 1 aromatic carbocycles. The molecule has 0 saturated carbocycles. The Morgan fingerprint density at radius 2 is 1.90 bits per heavy atom. The van der Waals surface area contributed by atoms with E-state index >= 15 is 0 Å². The Labute approximate surface area is 130 Å². The van der Waals surface area contributed by atoms with Crippen molar-refractivity contribution in [1.29, 1.82) is 0 Å². The van der Waals surface area contributed by atoms with Crippen molar-refractivity contribution in [3.8, 4) is 5.75 Å². The van der Waals surface area contributed by atoms with E-state index in [1.165, 1.54) is 4.31 Å². The minimum atomic E-state index is -3.28. The molecule has 20 heavy (non-hydrogen) atoms. The average molecular weight is 340 g/mol. The van der Waals surface area contributed by atoms with Gasteiger partial charge in [-0.05, 0) is 30.2 Å². The zero-order valence-electron chi connectivity index (χ0n) is 11.6. The van der Waals surface area contributed by atoms with Gasteiger partial charge in [0.1, 0.15) is 12.4 Å². The van der Waals surface area contributed by atoms with E-state index in [2.05, 4.69) is 0 Å². The standard InChI is InChI=1S/C13H19Cl2NO3S/c1-11(9-14)10-20(17,18)16(2)7-8-19-13-5-3-12(15)4-6-13/h3-6,11H,7-10H2,1-2H3. The lowest BCUT2D eigenvalue weighted by Gasteiger charge is -2.19. The topological polar surface area (TPSA) is 46.6 Å². The highest BCUT2D eigenvalue weighted by Crippen LogP contribution is 2.15. The zero-order valence-corrected chi connectivity index (χ0v) is 13.9. The van der Waals surface area contributed by atoms with Crippen molar-refractivity contribution in [2.75, 3.05) is 31.8 Å². The molecule has 0 fully saturated rings. The fourth-order valence-corrected chi connectivity index (χ4v) is 3.30. The van der Waals surface area contributed by atoms with Crippen molar-refractivity contribution < 1.29 is 13.2 Å². The Morgan fingerprint density at radius 3 is 2.45 bits per heavy atom. The molecule has 1 atom stereocenters. The second-order valence-corrected chi connectivity index (χ2v) is 7.53. The Bertz CT molecular complexity index is 505. The van der Waals surface area contributed by atoms with Crippen molar-refractivity contribution >= 4 is 33.2 Å². The molecule has 0 spiro atoms. The maximum Gasteiger partial charge on any atom is 0.214 e. The summed E-state index contributed by atoms with van der Waals surface area (Å²) in [5.41, 5.74) is 0.